The average Bonchev–Trinajstić information content (AvgIpc) is 2.55. The van der Waals surface area contributed by atoms with Crippen LogP contribution >= 0.6 is 0 Å². The third kappa shape index (κ3) is 1.36. The van der Waals surface area contributed by atoms with E-state index in [-0.39, 0.29) is 6.61 Å². The Bertz CT molecular complexity index is 296. The van der Waals surface area contributed by atoms with E-state index in [9.17, 15) is 5.11 Å². The van der Waals surface area contributed by atoms with Crippen LogP contribution in [0.1, 0.15) is 23.9 Å². The summed E-state index contributed by atoms with van der Waals surface area (Å²) < 4.78 is 1.90. The van der Waals surface area contributed by atoms with Crippen LogP contribution in [-0.2, 0) is 26.1 Å². The van der Waals surface area contributed by atoms with Gasteiger partial charge in [0.2, 0.25) is 0 Å². The minimum absolute atomic E-state index is 0.0951. The molecule has 0 aliphatic carbocycles. The fourth-order valence-electron chi connectivity index (χ4n) is 1.85. The summed E-state index contributed by atoms with van der Waals surface area (Å²) in [4.78, 5) is 0. The lowest BCUT2D eigenvalue weighted by molar-refractivity contribution is 0.267. The van der Waals surface area contributed by atoms with E-state index in [1.165, 1.54) is 5.56 Å². The predicted molar refractivity (Wildman–Crippen MR) is 49.2 cm³/mol. The maximum absolute atomic E-state index is 9.21. The summed E-state index contributed by atoms with van der Waals surface area (Å²) in [6.45, 7) is 4.83. The van der Waals surface area contributed by atoms with E-state index >= 15 is 0 Å². The SMILES string of the molecule is CCn1nc2c(c1CO)CNCC2. The highest BCUT2D eigenvalue weighted by atomic mass is 16.3. The first kappa shape index (κ1) is 8.72. The zero-order valence-corrected chi connectivity index (χ0v) is 7.88. The largest absolute Gasteiger partial charge is 0.390 e. The first-order valence-electron chi connectivity index (χ1n) is 4.75. The standard InChI is InChI=1S/C9H15N3O/c1-2-12-9(6-13)7-5-10-4-3-8(7)11-12/h10,13H,2-6H2,1H3. The summed E-state index contributed by atoms with van der Waals surface area (Å²) in [7, 11) is 0. The second kappa shape index (κ2) is 3.47. The minimum Gasteiger partial charge on any atom is -0.390 e. The summed E-state index contributed by atoms with van der Waals surface area (Å²) in [6.07, 6.45) is 0.981. The van der Waals surface area contributed by atoms with E-state index in [2.05, 4.69) is 10.4 Å². The first-order chi connectivity index (χ1) is 6.36. The molecule has 0 fully saturated rings. The van der Waals surface area contributed by atoms with Crippen molar-refractivity contribution in [3.63, 3.8) is 0 Å². The second-order valence-corrected chi connectivity index (χ2v) is 3.27. The summed E-state index contributed by atoms with van der Waals surface area (Å²) >= 11 is 0. The van der Waals surface area contributed by atoms with Crippen LogP contribution in [0.4, 0.5) is 0 Å². The molecule has 0 radical (unpaired) electrons. The Morgan fingerprint density at radius 2 is 2.46 bits per heavy atom. The molecule has 2 rings (SSSR count). The highest BCUT2D eigenvalue weighted by molar-refractivity contribution is 5.28. The number of nitrogens with zero attached hydrogens (tertiary/aromatic N) is 2. The predicted octanol–water partition coefficient (Wildman–Crippen LogP) is 0.0410. The molecule has 0 unspecified atom stereocenters. The molecule has 2 heterocycles. The number of rotatable bonds is 2. The van der Waals surface area contributed by atoms with Crippen molar-refractivity contribution < 1.29 is 5.11 Å². The van der Waals surface area contributed by atoms with Gasteiger partial charge in [0.15, 0.2) is 0 Å². The molecule has 1 aromatic heterocycles. The quantitative estimate of drug-likeness (QED) is 0.677. The van der Waals surface area contributed by atoms with Gasteiger partial charge in [-0.3, -0.25) is 4.68 Å². The van der Waals surface area contributed by atoms with E-state index in [0.29, 0.717) is 0 Å². The molecular formula is C9H15N3O. The Morgan fingerprint density at radius 1 is 1.62 bits per heavy atom. The summed E-state index contributed by atoms with van der Waals surface area (Å²) in [6, 6.07) is 0. The Kier molecular flexibility index (Phi) is 2.33. The summed E-state index contributed by atoms with van der Waals surface area (Å²) in [5.41, 5.74) is 3.34. The zero-order valence-electron chi connectivity index (χ0n) is 7.88. The fraction of sp³-hybridized carbons (Fsp3) is 0.667. The van der Waals surface area contributed by atoms with Crippen molar-refractivity contribution in [2.75, 3.05) is 6.54 Å². The highest BCUT2D eigenvalue weighted by Crippen LogP contribution is 2.17. The number of hydrogen-bond acceptors (Lipinski definition) is 3. The van der Waals surface area contributed by atoms with Crippen LogP contribution in [0.25, 0.3) is 0 Å². The number of aryl methyl sites for hydroxylation is 1. The molecular weight excluding hydrogens is 166 g/mol. The van der Waals surface area contributed by atoms with E-state index in [4.69, 9.17) is 0 Å². The van der Waals surface area contributed by atoms with E-state index in [0.717, 1.165) is 37.4 Å². The third-order valence-electron chi connectivity index (χ3n) is 2.54. The molecule has 1 aromatic rings. The lowest BCUT2D eigenvalue weighted by Crippen LogP contribution is -2.23. The normalized spacial score (nSPS) is 15.8. The Morgan fingerprint density at radius 3 is 3.15 bits per heavy atom. The first-order valence-corrected chi connectivity index (χ1v) is 4.75. The maximum Gasteiger partial charge on any atom is 0.0853 e. The van der Waals surface area contributed by atoms with Crippen LogP contribution in [0.5, 0.6) is 0 Å². The van der Waals surface area contributed by atoms with Crippen molar-refractivity contribution in [3.8, 4) is 0 Å². The van der Waals surface area contributed by atoms with Gasteiger partial charge < -0.3 is 10.4 Å². The van der Waals surface area contributed by atoms with Gasteiger partial charge in [-0.25, -0.2) is 0 Å². The van der Waals surface area contributed by atoms with E-state index < -0.39 is 0 Å². The van der Waals surface area contributed by atoms with Gasteiger partial charge in [0.25, 0.3) is 0 Å². The monoisotopic (exact) mass is 181 g/mol. The topological polar surface area (TPSA) is 50.1 Å². The number of fused-ring (bicyclic) bond motifs is 1. The Balaban J connectivity index is 2.44. The molecule has 4 nitrogen and oxygen atoms in total. The molecule has 0 spiro atoms. The lowest BCUT2D eigenvalue weighted by Gasteiger charge is -2.11. The highest BCUT2D eigenvalue weighted by Gasteiger charge is 2.18. The van der Waals surface area contributed by atoms with Crippen molar-refractivity contribution in [2.24, 2.45) is 0 Å². The van der Waals surface area contributed by atoms with Gasteiger partial charge in [-0.2, -0.15) is 5.10 Å². The van der Waals surface area contributed by atoms with Gasteiger partial charge in [0, 0.05) is 31.6 Å². The fourth-order valence-corrected chi connectivity index (χ4v) is 1.85. The smallest absolute Gasteiger partial charge is 0.0853 e. The number of aromatic nitrogens is 2. The van der Waals surface area contributed by atoms with Crippen molar-refractivity contribution >= 4 is 0 Å². The molecule has 0 saturated heterocycles. The van der Waals surface area contributed by atoms with Crippen LogP contribution in [0.15, 0.2) is 0 Å². The Hall–Kier alpha value is -0.870. The molecule has 13 heavy (non-hydrogen) atoms. The molecule has 1 aliphatic rings. The van der Waals surface area contributed by atoms with Gasteiger partial charge in [0.05, 0.1) is 18.0 Å². The lowest BCUT2D eigenvalue weighted by atomic mass is 10.1. The molecule has 0 aromatic carbocycles. The number of nitrogens with one attached hydrogen (secondary N) is 1. The molecule has 0 bridgehead atoms. The van der Waals surface area contributed by atoms with Crippen molar-refractivity contribution in [1.82, 2.24) is 15.1 Å². The minimum atomic E-state index is 0.0951. The number of aliphatic hydroxyl groups is 1. The zero-order chi connectivity index (χ0) is 9.26. The molecule has 4 heteroatoms. The molecule has 0 amide bonds. The molecule has 72 valence electrons. The van der Waals surface area contributed by atoms with E-state index in [1.54, 1.807) is 0 Å². The van der Waals surface area contributed by atoms with Gasteiger partial charge in [-0.15, -0.1) is 0 Å². The van der Waals surface area contributed by atoms with E-state index in [1.807, 2.05) is 11.6 Å². The van der Waals surface area contributed by atoms with Gasteiger partial charge in [-0.05, 0) is 6.92 Å². The van der Waals surface area contributed by atoms with Gasteiger partial charge >= 0.3 is 0 Å². The Labute approximate surface area is 77.6 Å². The van der Waals surface area contributed by atoms with Crippen LogP contribution < -0.4 is 5.32 Å². The molecule has 1 aliphatic heterocycles. The summed E-state index contributed by atoms with van der Waals surface area (Å²) in [5.74, 6) is 0. The van der Waals surface area contributed by atoms with Gasteiger partial charge in [-0.1, -0.05) is 0 Å². The van der Waals surface area contributed by atoms with Crippen molar-refractivity contribution in [2.45, 2.75) is 33.0 Å². The van der Waals surface area contributed by atoms with Crippen LogP contribution in [0.3, 0.4) is 0 Å². The van der Waals surface area contributed by atoms with Crippen molar-refractivity contribution in [3.05, 3.63) is 17.0 Å². The molecule has 0 atom stereocenters. The third-order valence-corrected chi connectivity index (χ3v) is 2.54. The van der Waals surface area contributed by atoms with Crippen molar-refractivity contribution in [1.29, 1.82) is 0 Å². The van der Waals surface area contributed by atoms with Gasteiger partial charge in [0.1, 0.15) is 0 Å². The van der Waals surface area contributed by atoms with Crippen LogP contribution in [-0.4, -0.2) is 21.4 Å². The van der Waals surface area contributed by atoms with Crippen LogP contribution in [0.2, 0.25) is 0 Å². The summed E-state index contributed by atoms with van der Waals surface area (Å²) in [5, 5.41) is 17.0. The number of hydrogen-bond donors (Lipinski definition) is 2. The average molecular weight is 181 g/mol. The molecule has 2 N–H and O–H groups in total. The number of aliphatic hydroxyl groups excluding tert-OH is 1. The second-order valence-electron chi connectivity index (χ2n) is 3.27. The maximum atomic E-state index is 9.21. The van der Waals surface area contributed by atoms with Crippen LogP contribution in [0, 0.1) is 0 Å². The molecule has 0 saturated carbocycles.